The second-order valence-electron chi connectivity index (χ2n) is 4.37. The van der Waals surface area contributed by atoms with Gasteiger partial charge in [-0.2, -0.15) is 10.4 Å². The highest BCUT2D eigenvalue weighted by molar-refractivity contribution is 5.35. The number of hydrogen-bond acceptors (Lipinski definition) is 4. The summed E-state index contributed by atoms with van der Waals surface area (Å²) in [7, 11) is 3.26. The molecule has 0 fully saturated rings. The smallest absolute Gasteiger partial charge is 0.217 e. The fourth-order valence-corrected chi connectivity index (χ4v) is 1.63. The predicted octanol–water partition coefficient (Wildman–Crippen LogP) is 1.32. The van der Waals surface area contributed by atoms with Crippen molar-refractivity contribution in [2.24, 2.45) is 12.5 Å². The van der Waals surface area contributed by atoms with E-state index in [1.165, 1.54) is 7.11 Å². The van der Waals surface area contributed by atoms with E-state index in [1.807, 2.05) is 0 Å². The SMILES string of the molecule is COc1c(C(O)C(C)(C)C#N)c(C)nn1C. The second kappa shape index (κ2) is 4.14. The van der Waals surface area contributed by atoms with Crippen LogP contribution in [0.1, 0.15) is 31.2 Å². The monoisotopic (exact) mass is 223 g/mol. The molecular formula is C11H17N3O2. The lowest BCUT2D eigenvalue weighted by atomic mass is 9.84. The molecule has 0 aliphatic rings. The average molecular weight is 223 g/mol. The van der Waals surface area contributed by atoms with E-state index >= 15 is 0 Å². The number of aliphatic hydroxyl groups is 1. The maximum absolute atomic E-state index is 10.2. The van der Waals surface area contributed by atoms with Crippen LogP contribution in [0.25, 0.3) is 0 Å². The summed E-state index contributed by atoms with van der Waals surface area (Å²) in [4.78, 5) is 0. The maximum Gasteiger partial charge on any atom is 0.217 e. The van der Waals surface area contributed by atoms with Gasteiger partial charge in [-0.1, -0.05) is 0 Å². The van der Waals surface area contributed by atoms with Gasteiger partial charge in [0.05, 0.1) is 29.9 Å². The van der Waals surface area contributed by atoms with Crippen molar-refractivity contribution in [2.75, 3.05) is 7.11 Å². The zero-order valence-electron chi connectivity index (χ0n) is 10.3. The molecule has 1 N–H and O–H groups in total. The van der Waals surface area contributed by atoms with Gasteiger partial charge >= 0.3 is 0 Å². The van der Waals surface area contributed by atoms with Gasteiger partial charge in [0.15, 0.2) is 0 Å². The number of hydrogen-bond donors (Lipinski definition) is 1. The van der Waals surface area contributed by atoms with Crippen molar-refractivity contribution < 1.29 is 9.84 Å². The van der Waals surface area contributed by atoms with Crippen molar-refractivity contribution >= 4 is 0 Å². The molecule has 0 saturated heterocycles. The molecule has 0 aliphatic heterocycles. The van der Waals surface area contributed by atoms with Crippen molar-refractivity contribution in [1.29, 1.82) is 5.26 Å². The summed E-state index contributed by atoms with van der Waals surface area (Å²) < 4.78 is 6.75. The summed E-state index contributed by atoms with van der Waals surface area (Å²) in [5.74, 6) is 0.494. The Morgan fingerprint density at radius 3 is 2.56 bits per heavy atom. The largest absolute Gasteiger partial charge is 0.481 e. The van der Waals surface area contributed by atoms with Crippen LogP contribution in [-0.2, 0) is 7.05 Å². The molecule has 1 rings (SSSR count). The van der Waals surface area contributed by atoms with Crippen molar-refractivity contribution in [2.45, 2.75) is 26.9 Å². The first-order chi connectivity index (χ1) is 7.35. The number of nitriles is 1. The third kappa shape index (κ3) is 1.89. The lowest BCUT2D eigenvalue weighted by Gasteiger charge is -2.23. The van der Waals surface area contributed by atoms with Crippen LogP contribution in [0.15, 0.2) is 0 Å². The molecule has 1 atom stereocenters. The fraction of sp³-hybridized carbons (Fsp3) is 0.636. The van der Waals surface area contributed by atoms with E-state index in [0.717, 1.165) is 0 Å². The summed E-state index contributed by atoms with van der Waals surface area (Å²) in [5, 5.41) is 23.4. The third-order valence-corrected chi connectivity index (χ3v) is 2.65. The molecule has 0 bridgehead atoms. The zero-order valence-corrected chi connectivity index (χ0v) is 10.3. The first kappa shape index (κ1) is 12.5. The van der Waals surface area contributed by atoms with Gasteiger partial charge in [-0.05, 0) is 20.8 Å². The quantitative estimate of drug-likeness (QED) is 0.838. The van der Waals surface area contributed by atoms with Gasteiger partial charge in [0.25, 0.3) is 0 Å². The molecule has 0 spiro atoms. The van der Waals surface area contributed by atoms with E-state index in [1.54, 1.807) is 32.5 Å². The lowest BCUT2D eigenvalue weighted by Crippen LogP contribution is -2.20. The maximum atomic E-state index is 10.2. The lowest BCUT2D eigenvalue weighted by molar-refractivity contribution is 0.0833. The molecule has 0 radical (unpaired) electrons. The Kier molecular flexibility index (Phi) is 3.24. The number of methoxy groups -OCH3 is 1. The minimum absolute atomic E-state index is 0.494. The van der Waals surface area contributed by atoms with Crippen molar-refractivity contribution in [3.63, 3.8) is 0 Å². The number of rotatable bonds is 3. The Balaban J connectivity index is 3.29. The molecule has 5 nitrogen and oxygen atoms in total. The molecule has 0 saturated carbocycles. The Morgan fingerprint density at radius 1 is 1.56 bits per heavy atom. The molecule has 1 heterocycles. The van der Waals surface area contributed by atoms with Crippen LogP contribution in [0.2, 0.25) is 0 Å². The van der Waals surface area contributed by atoms with E-state index in [-0.39, 0.29) is 0 Å². The van der Waals surface area contributed by atoms with Crippen LogP contribution in [0.5, 0.6) is 5.88 Å². The number of aromatic nitrogens is 2. The van der Waals surface area contributed by atoms with Crippen molar-refractivity contribution in [3.05, 3.63) is 11.3 Å². The molecule has 0 aromatic carbocycles. The Morgan fingerprint density at radius 2 is 2.12 bits per heavy atom. The van der Waals surface area contributed by atoms with Gasteiger partial charge in [0.2, 0.25) is 5.88 Å². The zero-order chi connectivity index (χ0) is 12.5. The van der Waals surface area contributed by atoms with E-state index in [9.17, 15) is 5.11 Å². The van der Waals surface area contributed by atoms with E-state index in [0.29, 0.717) is 17.1 Å². The summed E-state index contributed by atoms with van der Waals surface area (Å²) in [5.41, 5.74) is 0.382. The van der Waals surface area contributed by atoms with Gasteiger partial charge in [-0.25, -0.2) is 4.68 Å². The number of ether oxygens (including phenoxy) is 1. The molecule has 88 valence electrons. The van der Waals surface area contributed by atoms with Crippen LogP contribution < -0.4 is 4.74 Å². The van der Waals surface area contributed by atoms with E-state index in [2.05, 4.69) is 11.2 Å². The molecule has 0 aliphatic carbocycles. The molecule has 1 aromatic heterocycles. The summed E-state index contributed by atoms with van der Waals surface area (Å²) >= 11 is 0. The van der Waals surface area contributed by atoms with Crippen LogP contribution in [0.4, 0.5) is 0 Å². The summed E-state index contributed by atoms with van der Waals surface area (Å²) in [6.07, 6.45) is -0.916. The molecule has 5 heteroatoms. The van der Waals surface area contributed by atoms with Gasteiger partial charge in [-0.15, -0.1) is 0 Å². The number of aryl methyl sites for hydroxylation is 2. The van der Waals surface area contributed by atoms with Crippen LogP contribution in [-0.4, -0.2) is 22.0 Å². The fourth-order valence-electron chi connectivity index (χ4n) is 1.63. The normalized spacial score (nSPS) is 13.3. The van der Waals surface area contributed by atoms with Gasteiger partial charge < -0.3 is 9.84 Å². The van der Waals surface area contributed by atoms with Gasteiger partial charge in [0, 0.05) is 7.05 Å². The minimum atomic E-state index is -0.916. The van der Waals surface area contributed by atoms with Crippen LogP contribution in [0.3, 0.4) is 0 Å². The second-order valence-corrected chi connectivity index (χ2v) is 4.37. The molecule has 1 aromatic rings. The highest BCUT2D eigenvalue weighted by Gasteiger charge is 2.34. The van der Waals surface area contributed by atoms with Gasteiger partial charge in [0.1, 0.15) is 6.10 Å². The van der Waals surface area contributed by atoms with E-state index < -0.39 is 11.5 Å². The average Bonchev–Trinajstić information content (AvgIpc) is 2.51. The molecular weight excluding hydrogens is 206 g/mol. The summed E-state index contributed by atoms with van der Waals surface area (Å²) in [6, 6.07) is 2.08. The molecule has 16 heavy (non-hydrogen) atoms. The Labute approximate surface area is 95.3 Å². The van der Waals surface area contributed by atoms with E-state index in [4.69, 9.17) is 10.00 Å². The molecule has 0 amide bonds. The topological polar surface area (TPSA) is 71.1 Å². The number of nitrogens with zero attached hydrogens (tertiary/aromatic N) is 3. The standard InChI is InChI=1S/C11H17N3O2/c1-7-8(9(15)11(2,3)6-12)10(16-5)14(4)13-7/h9,15H,1-5H3. The Bertz CT molecular complexity index is 429. The summed E-state index contributed by atoms with van der Waals surface area (Å²) in [6.45, 7) is 5.15. The first-order valence-electron chi connectivity index (χ1n) is 5.02. The third-order valence-electron chi connectivity index (χ3n) is 2.65. The highest BCUT2D eigenvalue weighted by Crippen LogP contribution is 2.38. The Hall–Kier alpha value is -1.54. The van der Waals surface area contributed by atoms with Crippen molar-refractivity contribution in [3.8, 4) is 11.9 Å². The van der Waals surface area contributed by atoms with Gasteiger partial charge in [-0.3, -0.25) is 0 Å². The predicted molar refractivity (Wildman–Crippen MR) is 58.9 cm³/mol. The van der Waals surface area contributed by atoms with Crippen LogP contribution >= 0.6 is 0 Å². The minimum Gasteiger partial charge on any atom is -0.481 e. The number of aliphatic hydroxyl groups excluding tert-OH is 1. The van der Waals surface area contributed by atoms with Crippen molar-refractivity contribution in [1.82, 2.24) is 9.78 Å². The van der Waals surface area contributed by atoms with Crippen LogP contribution in [0, 0.1) is 23.7 Å². The first-order valence-corrected chi connectivity index (χ1v) is 5.02. The highest BCUT2D eigenvalue weighted by atomic mass is 16.5. The molecule has 1 unspecified atom stereocenters.